The van der Waals surface area contributed by atoms with Crippen LogP contribution in [0.15, 0.2) is 34.7 Å². The Bertz CT molecular complexity index is 475. The molecule has 0 aliphatic carbocycles. The van der Waals surface area contributed by atoms with E-state index < -0.39 is 5.97 Å². The van der Waals surface area contributed by atoms with E-state index in [4.69, 9.17) is 9.52 Å². The zero-order chi connectivity index (χ0) is 10.7. The van der Waals surface area contributed by atoms with Crippen LogP contribution in [0.2, 0.25) is 0 Å². The Morgan fingerprint density at radius 3 is 2.56 bits per heavy atom. The number of carboxylic acid groups (broad SMARTS) is 1. The average Bonchev–Trinajstić information content (AvgIpc) is 2.68. The molecule has 16 heavy (non-hydrogen) atoms. The van der Waals surface area contributed by atoms with Gasteiger partial charge in [0.05, 0.1) is 6.42 Å². The van der Waals surface area contributed by atoms with Gasteiger partial charge in [-0.15, -0.1) is 10.2 Å². The maximum absolute atomic E-state index is 10.5. The number of carboxylic acids is 1. The van der Waals surface area contributed by atoms with Gasteiger partial charge in [-0.05, 0) is 5.56 Å². The van der Waals surface area contributed by atoms with Gasteiger partial charge in [0.25, 0.3) is 0 Å². The number of hydrogen-bond donors (Lipinski definition) is 1. The van der Waals surface area contributed by atoms with Crippen LogP contribution < -0.4 is 18.9 Å². The fourth-order valence-corrected chi connectivity index (χ4v) is 1.18. The Labute approximate surface area is 105 Å². The van der Waals surface area contributed by atoms with Gasteiger partial charge in [-0.25, -0.2) is 4.79 Å². The third-order valence-electron chi connectivity index (χ3n) is 1.85. The fraction of sp³-hybridized carbons (Fsp3) is 0.100. The molecule has 1 aromatic heterocycles. The molecule has 6 heteroatoms. The van der Waals surface area contributed by atoms with Gasteiger partial charge in [0.1, 0.15) is 0 Å². The van der Waals surface area contributed by atoms with Crippen molar-refractivity contribution in [3.8, 4) is 0 Å². The molecule has 0 bridgehead atoms. The minimum absolute atomic E-state index is 0. The average molecular weight is 212 g/mol. The first-order valence-electron chi connectivity index (χ1n) is 4.35. The fourth-order valence-electron chi connectivity index (χ4n) is 1.18. The van der Waals surface area contributed by atoms with Crippen LogP contribution in [0.25, 0.3) is 0 Å². The first-order chi connectivity index (χ1) is 7.25. The SMILES string of the molecule is O=C(O)c1nnc(Cc2ccccc2)o1.[H-].[Li+]. The predicted octanol–water partition coefficient (Wildman–Crippen LogP) is -1.52. The number of hydrogen-bond acceptors (Lipinski definition) is 4. The van der Waals surface area contributed by atoms with Crippen LogP contribution in [0.4, 0.5) is 0 Å². The van der Waals surface area contributed by atoms with E-state index in [9.17, 15) is 4.79 Å². The Hall–Kier alpha value is -1.57. The molecule has 0 fully saturated rings. The van der Waals surface area contributed by atoms with Crippen molar-refractivity contribution in [1.29, 1.82) is 0 Å². The molecular weight excluding hydrogens is 203 g/mol. The van der Waals surface area contributed by atoms with E-state index in [0.29, 0.717) is 12.3 Å². The molecule has 0 saturated carbocycles. The van der Waals surface area contributed by atoms with Crippen molar-refractivity contribution in [2.24, 2.45) is 0 Å². The molecule has 2 aromatic rings. The van der Waals surface area contributed by atoms with Gasteiger partial charge in [-0.2, -0.15) is 0 Å². The third kappa shape index (κ3) is 2.96. The third-order valence-corrected chi connectivity index (χ3v) is 1.85. The summed E-state index contributed by atoms with van der Waals surface area (Å²) < 4.78 is 4.93. The van der Waals surface area contributed by atoms with E-state index in [0.717, 1.165) is 5.56 Å². The number of nitrogens with zero attached hydrogens (tertiary/aromatic N) is 2. The second-order valence-corrected chi connectivity index (χ2v) is 2.97. The maximum Gasteiger partial charge on any atom is 1.00 e. The van der Waals surface area contributed by atoms with Gasteiger partial charge < -0.3 is 11.0 Å². The van der Waals surface area contributed by atoms with Gasteiger partial charge in [-0.1, -0.05) is 30.3 Å². The van der Waals surface area contributed by atoms with Crippen LogP contribution in [0, 0.1) is 0 Å². The summed E-state index contributed by atoms with van der Waals surface area (Å²) in [5.41, 5.74) is 0.998. The van der Waals surface area contributed by atoms with Crippen molar-refractivity contribution < 1.29 is 34.6 Å². The van der Waals surface area contributed by atoms with Gasteiger partial charge in [0.15, 0.2) is 0 Å². The van der Waals surface area contributed by atoms with Crippen LogP contribution in [0.1, 0.15) is 23.6 Å². The van der Waals surface area contributed by atoms with Crippen molar-refractivity contribution in [1.82, 2.24) is 10.2 Å². The maximum atomic E-state index is 10.5. The zero-order valence-electron chi connectivity index (χ0n) is 9.75. The molecule has 0 radical (unpaired) electrons. The number of aromatic carboxylic acids is 1. The van der Waals surface area contributed by atoms with Crippen LogP contribution in [0.3, 0.4) is 0 Å². The van der Waals surface area contributed by atoms with Gasteiger partial charge in [0, 0.05) is 0 Å². The summed E-state index contributed by atoms with van der Waals surface area (Å²) >= 11 is 0. The molecule has 1 heterocycles. The molecule has 1 N–H and O–H groups in total. The molecule has 1 aromatic carbocycles. The zero-order valence-corrected chi connectivity index (χ0v) is 8.75. The van der Waals surface area contributed by atoms with Crippen LogP contribution in [-0.4, -0.2) is 21.3 Å². The normalized spacial score (nSPS) is 9.50. The van der Waals surface area contributed by atoms with Crippen LogP contribution in [-0.2, 0) is 6.42 Å². The van der Waals surface area contributed by atoms with Gasteiger partial charge >= 0.3 is 30.7 Å². The van der Waals surface area contributed by atoms with E-state index in [-0.39, 0.29) is 26.2 Å². The predicted molar refractivity (Wildman–Crippen MR) is 51.6 cm³/mol. The molecule has 0 aliphatic heterocycles. The van der Waals surface area contributed by atoms with E-state index in [2.05, 4.69) is 10.2 Å². The molecule has 0 saturated heterocycles. The van der Waals surface area contributed by atoms with Crippen LogP contribution in [0.5, 0.6) is 0 Å². The molecule has 78 valence electrons. The summed E-state index contributed by atoms with van der Waals surface area (Å²) in [6.07, 6.45) is 0.446. The standard InChI is InChI=1S/C10H8N2O3.Li.H/c13-10(14)9-12-11-8(15-9)6-7-4-2-1-3-5-7;;/h1-5H,6H2,(H,13,14);;/q;+1;-1. The molecule has 0 unspecified atom stereocenters. The van der Waals surface area contributed by atoms with E-state index >= 15 is 0 Å². The van der Waals surface area contributed by atoms with E-state index in [1.165, 1.54) is 0 Å². The number of benzene rings is 1. The van der Waals surface area contributed by atoms with Gasteiger partial charge in [0.2, 0.25) is 5.89 Å². The summed E-state index contributed by atoms with van der Waals surface area (Å²) in [4.78, 5) is 10.5. The quantitative estimate of drug-likeness (QED) is 0.625. The van der Waals surface area contributed by atoms with Crippen molar-refractivity contribution in [2.45, 2.75) is 6.42 Å². The van der Waals surface area contributed by atoms with Crippen molar-refractivity contribution in [2.75, 3.05) is 0 Å². The first-order valence-corrected chi connectivity index (χ1v) is 4.35. The summed E-state index contributed by atoms with van der Waals surface area (Å²) in [6.45, 7) is 0. The molecule has 2 rings (SSSR count). The number of aromatic nitrogens is 2. The topological polar surface area (TPSA) is 76.2 Å². The summed E-state index contributed by atoms with van der Waals surface area (Å²) in [5, 5.41) is 15.6. The largest absolute Gasteiger partial charge is 1.00 e. The smallest absolute Gasteiger partial charge is 1.00 e. The Morgan fingerprint density at radius 2 is 2.00 bits per heavy atom. The number of rotatable bonds is 3. The van der Waals surface area contributed by atoms with Gasteiger partial charge in [-0.3, -0.25) is 0 Å². The monoisotopic (exact) mass is 212 g/mol. The Morgan fingerprint density at radius 1 is 1.31 bits per heavy atom. The summed E-state index contributed by atoms with van der Waals surface area (Å²) in [5.74, 6) is -1.28. The second kappa shape index (κ2) is 5.49. The minimum Gasteiger partial charge on any atom is -1.00 e. The summed E-state index contributed by atoms with van der Waals surface area (Å²) in [7, 11) is 0. The van der Waals surface area contributed by atoms with Crippen molar-refractivity contribution >= 4 is 5.97 Å². The minimum atomic E-state index is -1.21. The summed E-state index contributed by atoms with van der Waals surface area (Å²) in [6, 6.07) is 9.50. The molecule has 0 aliphatic rings. The Kier molecular flexibility index (Phi) is 4.29. The Balaban J connectivity index is 0.00000128. The second-order valence-electron chi connectivity index (χ2n) is 2.97. The molecule has 0 amide bonds. The molecule has 0 spiro atoms. The number of carbonyl (C=O) groups is 1. The van der Waals surface area contributed by atoms with Crippen molar-refractivity contribution in [3.05, 3.63) is 47.7 Å². The molecule has 0 atom stereocenters. The molecule has 5 nitrogen and oxygen atoms in total. The van der Waals surface area contributed by atoms with E-state index in [1.807, 2.05) is 30.3 Å². The first kappa shape index (κ1) is 12.5. The van der Waals surface area contributed by atoms with E-state index in [1.54, 1.807) is 0 Å². The van der Waals surface area contributed by atoms with Crippen LogP contribution >= 0.6 is 0 Å². The molecular formula is C10H9LiN2O3. The van der Waals surface area contributed by atoms with Crippen molar-refractivity contribution in [3.63, 3.8) is 0 Å².